The summed E-state index contributed by atoms with van der Waals surface area (Å²) in [5.74, 6) is -0.556. The first kappa shape index (κ1) is 23.7. The van der Waals surface area contributed by atoms with Crippen molar-refractivity contribution in [2.75, 3.05) is 11.5 Å². The van der Waals surface area contributed by atoms with Gasteiger partial charge in [0.25, 0.3) is 5.56 Å². The van der Waals surface area contributed by atoms with Gasteiger partial charge < -0.3 is 15.4 Å². The summed E-state index contributed by atoms with van der Waals surface area (Å²) < 4.78 is 1.14. The summed E-state index contributed by atoms with van der Waals surface area (Å²) >= 11 is 0. The van der Waals surface area contributed by atoms with Crippen LogP contribution in [-0.2, 0) is 9.59 Å². The summed E-state index contributed by atoms with van der Waals surface area (Å²) in [7, 11) is 0. The minimum atomic E-state index is -1.15. The van der Waals surface area contributed by atoms with Crippen LogP contribution in [0.3, 0.4) is 0 Å². The van der Waals surface area contributed by atoms with Crippen LogP contribution in [0.5, 0.6) is 0 Å². The number of benzene rings is 2. The molecule has 0 spiro atoms. The highest BCUT2D eigenvalue weighted by Crippen LogP contribution is 2.40. The van der Waals surface area contributed by atoms with Crippen molar-refractivity contribution in [1.82, 2.24) is 4.57 Å². The molecule has 7 heteroatoms. The van der Waals surface area contributed by atoms with E-state index in [-0.39, 0.29) is 5.91 Å². The lowest BCUT2D eigenvalue weighted by atomic mass is 9.90. The molecule has 1 aliphatic rings. The number of aromatic nitrogens is 1. The van der Waals surface area contributed by atoms with Crippen LogP contribution in [0, 0.1) is 0 Å². The largest absolute Gasteiger partial charge is 0.394 e. The maximum atomic E-state index is 13.2. The summed E-state index contributed by atoms with van der Waals surface area (Å²) in [5, 5.41) is 10.5. The predicted octanol–water partition coefficient (Wildman–Crippen LogP) is 4.14. The zero-order valence-corrected chi connectivity index (χ0v) is 19.4. The third kappa shape index (κ3) is 4.48. The minimum absolute atomic E-state index is 0.150. The molecule has 1 fully saturated rings. The fourth-order valence-corrected chi connectivity index (χ4v) is 5.13. The number of nitrogens with zero attached hydrogens (tertiary/aromatic N) is 2. The number of hydrogen-bond donors (Lipinski definition) is 2. The van der Waals surface area contributed by atoms with Crippen molar-refractivity contribution in [3.05, 3.63) is 70.6 Å². The molecule has 0 aliphatic heterocycles. The number of anilines is 2. The number of fused-ring (bicyclic) bond motifs is 1. The molecule has 1 unspecified atom stereocenters. The van der Waals surface area contributed by atoms with Gasteiger partial charge >= 0.3 is 0 Å². The van der Waals surface area contributed by atoms with Crippen molar-refractivity contribution in [1.29, 1.82) is 0 Å². The van der Waals surface area contributed by atoms with Crippen LogP contribution >= 0.6 is 0 Å². The standard InChI is InChI=1S/C27H31N3O4/c1-18(32)30(23-13-7-6-11-20(23)19-9-4-2-3-5-10-19)24-14-8-12-22-21(24)15-16-29(27(22)34)25(17-31)26(28)33/h6-8,11-16,19,25,31H,2-5,9-10,17H2,1H3,(H2,28,33). The molecule has 34 heavy (non-hydrogen) atoms. The molecule has 1 aliphatic carbocycles. The summed E-state index contributed by atoms with van der Waals surface area (Å²) in [5.41, 5.74) is 7.52. The van der Waals surface area contributed by atoms with Gasteiger partial charge in [0.15, 0.2) is 0 Å². The number of amides is 2. The van der Waals surface area contributed by atoms with Gasteiger partial charge in [-0.2, -0.15) is 0 Å². The van der Waals surface area contributed by atoms with Crippen LogP contribution in [0.2, 0.25) is 0 Å². The average molecular weight is 462 g/mol. The summed E-state index contributed by atoms with van der Waals surface area (Å²) in [4.78, 5) is 39.7. The molecular formula is C27H31N3O4. The Morgan fingerprint density at radius 2 is 1.68 bits per heavy atom. The van der Waals surface area contributed by atoms with Crippen molar-refractivity contribution in [2.45, 2.75) is 57.4 Å². The van der Waals surface area contributed by atoms with Gasteiger partial charge in [-0.3, -0.25) is 19.3 Å². The van der Waals surface area contributed by atoms with E-state index in [1.807, 2.05) is 24.3 Å². The Hall–Kier alpha value is -3.45. The molecule has 1 heterocycles. The highest BCUT2D eigenvalue weighted by Gasteiger charge is 2.25. The van der Waals surface area contributed by atoms with Gasteiger partial charge in [0, 0.05) is 23.9 Å². The first-order valence-electron chi connectivity index (χ1n) is 11.9. The quantitative estimate of drug-likeness (QED) is 0.538. The van der Waals surface area contributed by atoms with Gasteiger partial charge in [0.1, 0.15) is 6.04 Å². The highest BCUT2D eigenvalue weighted by molar-refractivity contribution is 6.07. The number of rotatable bonds is 6. The molecule has 1 aromatic heterocycles. The maximum absolute atomic E-state index is 13.2. The van der Waals surface area contributed by atoms with E-state index in [1.54, 1.807) is 23.1 Å². The molecule has 1 atom stereocenters. The molecular weight excluding hydrogens is 430 g/mol. The van der Waals surface area contributed by atoms with Crippen molar-refractivity contribution >= 4 is 34.0 Å². The molecule has 3 aromatic rings. The minimum Gasteiger partial charge on any atom is -0.394 e. The normalized spacial score (nSPS) is 15.6. The van der Waals surface area contributed by atoms with E-state index in [9.17, 15) is 19.5 Å². The fourth-order valence-electron chi connectivity index (χ4n) is 5.13. The van der Waals surface area contributed by atoms with Gasteiger partial charge in [-0.1, -0.05) is 49.9 Å². The zero-order valence-electron chi connectivity index (χ0n) is 19.4. The molecule has 4 rings (SSSR count). The number of pyridine rings is 1. The SMILES string of the molecule is CC(=O)N(c1ccccc1C1CCCCCC1)c1cccc2c(=O)n(C(CO)C(N)=O)ccc12. The van der Waals surface area contributed by atoms with Gasteiger partial charge in [-0.15, -0.1) is 0 Å². The van der Waals surface area contributed by atoms with E-state index >= 15 is 0 Å². The molecule has 2 aromatic carbocycles. The van der Waals surface area contributed by atoms with Crippen LogP contribution in [0.15, 0.2) is 59.5 Å². The van der Waals surface area contributed by atoms with Gasteiger partial charge in [-0.05, 0) is 48.6 Å². The molecule has 1 saturated carbocycles. The first-order chi connectivity index (χ1) is 16.4. The Labute approximate surface area is 198 Å². The number of hydrogen-bond acceptors (Lipinski definition) is 4. The summed E-state index contributed by atoms with van der Waals surface area (Å²) in [6.07, 6.45) is 8.49. The smallest absolute Gasteiger partial charge is 0.259 e. The van der Waals surface area contributed by atoms with Gasteiger partial charge in [-0.25, -0.2) is 0 Å². The highest BCUT2D eigenvalue weighted by atomic mass is 16.3. The lowest BCUT2D eigenvalue weighted by Gasteiger charge is -2.28. The van der Waals surface area contributed by atoms with E-state index in [2.05, 4.69) is 6.07 Å². The van der Waals surface area contributed by atoms with Crippen LogP contribution in [0.4, 0.5) is 11.4 Å². The second-order valence-electron chi connectivity index (χ2n) is 8.97. The van der Waals surface area contributed by atoms with Crippen molar-refractivity contribution < 1.29 is 14.7 Å². The molecule has 0 saturated heterocycles. The third-order valence-electron chi connectivity index (χ3n) is 6.82. The maximum Gasteiger partial charge on any atom is 0.259 e. The Morgan fingerprint density at radius 3 is 2.32 bits per heavy atom. The Kier molecular flexibility index (Phi) is 7.12. The lowest BCUT2D eigenvalue weighted by Crippen LogP contribution is -2.35. The van der Waals surface area contributed by atoms with E-state index in [0.717, 1.165) is 28.7 Å². The van der Waals surface area contributed by atoms with Crippen LogP contribution in [-0.4, -0.2) is 28.1 Å². The average Bonchev–Trinajstić information content (AvgIpc) is 3.11. The topological polar surface area (TPSA) is 106 Å². The monoisotopic (exact) mass is 461 g/mol. The number of aliphatic hydroxyl groups excluding tert-OH is 1. The third-order valence-corrected chi connectivity index (χ3v) is 6.82. The first-order valence-corrected chi connectivity index (χ1v) is 11.9. The van der Waals surface area contributed by atoms with Crippen LogP contribution < -0.4 is 16.2 Å². The Bertz CT molecular complexity index is 1260. The number of carbonyl (C=O) groups is 2. The second-order valence-corrected chi connectivity index (χ2v) is 8.97. The number of nitrogens with two attached hydrogens (primary N) is 1. The van der Waals surface area contributed by atoms with Crippen LogP contribution in [0.25, 0.3) is 10.8 Å². The van der Waals surface area contributed by atoms with Crippen molar-refractivity contribution in [2.24, 2.45) is 5.73 Å². The zero-order chi connectivity index (χ0) is 24.2. The Balaban J connectivity index is 1.87. The number of aliphatic hydroxyl groups is 1. The molecule has 178 valence electrons. The predicted molar refractivity (Wildman–Crippen MR) is 133 cm³/mol. The molecule has 0 bridgehead atoms. The molecule has 0 radical (unpaired) electrons. The van der Waals surface area contributed by atoms with Gasteiger partial charge in [0.2, 0.25) is 11.8 Å². The van der Waals surface area contributed by atoms with Crippen molar-refractivity contribution in [3.8, 4) is 0 Å². The summed E-state index contributed by atoms with van der Waals surface area (Å²) in [6.45, 7) is 0.952. The van der Waals surface area contributed by atoms with E-state index in [1.165, 1.54) is 38.8 Å². The number of primary amides is 1. The Morgan fingerprint density at radius 1 is 1.00 bits per heavy atom. The fraction of sp³-hybridized carbons (Fsp3) is 0.370. The van der Waals surface area contributed by atoms with E-state index in [4.69, 9.17) is 5.73 Å². The number of carbonyl (C=O) groups excluding carboxylic acids is 2. The van der Waals surface area contributed by atoms with E-state index < -0.39 is 24.1 Å². The molecule has 7 nitrogen and oxygen atoms in total. The molecule has 2 amide bonds. The van der Waals surface area contributed by atoms with Crippen LogP contribution in [0.1, 0.15) is 63.0 Å². The van der Waals surface area contributed by atoms with Gasteiger partial charge in [0.05, 0.1) is 18.0 Å². The molecule has 3 N–H and O–H groups in total. The lowest BCUT2D eigenvalue weighted by molar-refractivity contribution is -0.122. The summed E-state index contributed by atoms with van der Waals surface area (Å²) in [6, 6.07) is 13.8. The van der Waals surface area contributed by atoms with Crippen molar-refractivity contribution in [3.63, 3.8) is 0 Å². The second kappa shape index (κ2) is 10.2. The van der Waals surface area contributed by atoms with E-state index in [0.29, 0.717) is 22.4 Å². The number of para-hydroxylation sites is 1.